The van der Waals surface area contributed by atoms with Gasteiger partial charge in [-0.1, -0.05) is 0 Å². The molecule has 5 atom stereocenters. The topological polar surface area (TPSA) is 199 Å². The van der Waals surface area contributed by atoms with Crippen molar-refractivity contribution < 1.29 is 35.1 Å². The number of amides is 2. The predicted octanol–water partition coefficient (Wildman–Crippen LogP) is -4.87. The third-order valence-electron chi connectivity index (χ3n) is 2.88. The number of primary amides is 1. The number of hydrogen-bond donors (Lipinski definition) is 8. The van der Waals surface area contributed by atoms with Gasteiger partial charge in [0, 0.05) is 13.0 Å². The molecule has 0 saturated heterocycles. The summed E-state index contributed by atoms with van der Waals surface area (Å²) in [5.74, 6) is -1.27. The molecule has 0 aliphatic carbocycles. The third kappa shape index (κ3) is 7.32. The molecule has 0 heterocycles. The Balaban J connectivity index is 4.09. The lowest BCUT2D eigenvalue weighted by Crippen LogP contribution is -2.49. The van der Waals surface area contributed by atoms with E-state index in [1.807, 2.05) is 0 Å². The summed E-state index contributed by atoms with van der Waals surface area (Å²) in [5.41, 5.74) is 10.2. The monoisotopic (exact) mass is 309 g/mol. The van der Waals surface area contributed by atoms with E-state index >= 15 is 0 Å². The SMILES string of the molecule is NC(=O)[C@@H](N)CCC(=O)NC[C@H](O)[C@@H](O)[C@H](O)[C@H](O)CO. The second-order valence-corrected chi connectivity index (χ2v) is 4.65. The Morgan fingerprint density at radius 3 is 2.05 bits per heavy atom. The van der Waals surface area contributed by atoms with Gasteiger partial charge in [-0.25, -0.2) is 0 Å². The number of carbonyl (C=O) groups excluding carboxylic acids is 2. The summed E-state index contributed by atoms with van der Waals surface area (Å²) < 4.78 is 0. The zero-order chi connectivity index (χ0) is 16.6. The predicted molar refractivity (Wildman–Crippen MR) is 70.5 cm³/mol. The summed E-state index contributed by atoms with van der Waals surface area (Å²) in [6.45, 7) is -1.18. The van der Waals surface area contributed by atoms with Crippen molar-refractivity contribution in [2.45, 2.75) is 43.3 Å². The quantitative estimate of drug-likeness (QED) is 0.196. The van der Waals surface area contributed by atoms with Gasteiger partial charge in [-0.2, -0.15) is 0 Å². The molecule has 10 nitrogen and oxygen atoms in total. The van der Waals surface area contributed by atoms with Crippen LogP contribution in [0.2, 0.25) is 0 Å². The van der Waals surface area contributed by atoms with Crippen LogP contribution in [-0.4, -0.2) is 81.0 Å². The average molecular weight is 309 g/mol. The van der Waals surface area contributed by atoms with Crippen LogP contribution in [0.15, 0.2) is 0 Å². The Kier molecular flexibility index (Phi) is 9.01. The molecule has 21 heavy (non-hydrogen) atoms. The molecule has 0 spiro atoms. The van der Waals surface area contributed by atoms with Gasteiger partial charge < -0.3 is 42.3 Å². The fourth-order valence-electron chi connectivity index (χ4n) is 1.42. The molecular weight excluding hydrogens is 286 g/mol. The summed E-state index contributed by atoms with van der Waals surface area (Å²) >= 11 is 0. The lowest BCUT2D eigenvalue weighted by Gasteiger charge is -2.25. The molecule has 0 saturated carbocycles. The molecule has 0 bridgehead atoms. The summed E-state index contributed by atoms with van der Waals surface area (Å²) in [6.07, 6.45) is -6.74. The first-order valence-corrected chi connectivity index (χ1v) is 6.35. The number of nitrogens with one attached hydrogen (secondary N) is 1. The van der Waals surface area contributed by atoms with Crippen LogP contribution in [0, 0.1) is 0 Å². The number of carbonyl (C=O) groups is 2. The van der Waals surface area contributed by atoms with Gasteiger partial charge in [0.15, 0.2) is 0 Å². The molecular formula is C11H23N3O7. The maximum absolute atomic E-state index is 11.4. The largest absolute Gasteiger partial charge is 0.394 e. The van der Waals surface area contributed by atoms with Gasteiger partial charge in [0.25, 0.3) is 0 Å². The van der Waals surface area contributed by atoms with E-state index in [0.29, 0.717) is 0 Å². The average Bonchev–Trinajstić information content (AvgIpc) is 2.47. The van der Waals surface area contributed by atoms with E-state index in [9.17, 15) is 24.9 Å². The number of rotatable bonds is 10. The minimum Gasteiger partial charge on any atom is -0.394 e. The van der Waals surface area contributed by atoms with Gasteiger partial charge in [-0.05, 0) is 6.42 Å². The van der Waals surface area contributed by atoms with Crippen molar-refractivity contribution in [2.75, 3.05) is 13.2 Å². The second kappa shape index (κ2) is 9.60. The van der Waals surface area contributed by atoms with E-state index in [0.717, 1.165) is 0 Å². The molecule has 10 heteroatoms. The number of nitrogens with two attached hydrogens (primary N) is 2. The van der Waals surface area contributed by atoms with Crippen molar-refractivity contribution in [1.82, 2.24) is 5.32 Å². The van der Waals surface area contributed by atoms with Crippen molar-refractivity contribution in [3.8, 4) is 0 Å². The normalized spacial score (nSPS) is 18.4. The van der Waals surface area contributed by atoms with Gasteiger partial charge >= 0.3 is 0 Å². The van der Waals surface area contributed by atoms with Crippen LogP contribution < -0.4 is 16.8 Å². The van der Waals surface area contributed by atoms with Crippen LogP contribution in [0.3, 0.4) is 0 Å². The smallest absolute Gasteiger partial charge is 0.234 e. The molecule has 0 fully saturated rings. The Bertz CT molecular complexity index is 342. The molecule has 0 aromatic carbocycles. The summed E-state index contributed by atoms with van der Waals surface area (Å²) in [5, 5.41) is 48.3. The highest BCUT2D eigenvalue weighted by Crippen LogP contribution is 2.04. The van der Waals surface area contributed by atoms with Crippen molar-refractivity contribution in [1.29, 1.82) is 0 Å². The van der Waals surface area contributed by atoms with Crippen molar-refractivity contribution in [3.05, 3.63) is 0 Å². The highest BCUT2D eigenvalue weighted by molar-refractivity contribution is 5.81. The van der Waals surface area contributed by atoms with E-state index in [1.54, 1.807) is 0 Å². The fourth-order valence-corrected chi connectivity index (χ4v) is 1.42. The number of aliphatic hydroxyl groups excluding tert-OH is 5. The summed E-state index contributed by atoms with van der Waals surface area (Å²) in [7, 11) is 0. The Labute approximate surface area is 121 Å². The Morgan fingerprint density at radius 2 is 1.57 bits per heavy atom. The van der Waals surface area contributed by atoms with E-state index in [-0.39, 0.29) is 19.4 Å². The fraction of sp³-hybridized carbons (Fsp3) is 0.818. The zero-order valence-corrected chi connectivity index (χ0v) is 11.4. The van der Waals surface area contributed by atoms with Crippen molar-refractivity contribution in [2.24, 2.45) is 11.5 Å². The number of hydrogen-bond acceptors (Lipinski definition) is 8. The maximum Gasteiger partial charge on any atom is 0.234 e. The Morgan fingerprint density at radius 1 is 1.05 bits per heavy atom. The first kappa shape index (κ1) is 19.7. The van der Waals surface area contributed by atoms with E-state index in [1.165, 1.54) is 0 Å². The summed E-state index contributed by atoms with van der Waals surface area (Å²) in [6, 6.07) is -0.951. The standard InChI is InChI=1S/C11H23N3O7/c12-5(11(13)21)1-2-8(18)14-3-6(16)9(19)10(20)7(17)4-15/h5-7,9-10,15-17,19-20H,1-4,12H2,(H2,13,21)(H,14,18)/t5-,6-,7+,9+,10+/m0/s1. The Hall–Kier alpha value is -1.30. The highest BCUT2D eigenvalue weighted by atomic mass is 16.4. The van der Waals surface area contributed by atoms with Crippen LogP contribution in [0.25, 0.3) is 0 Å². The molecule has 0 aromatic rings. The van der Waals surface area contributed by atoms with Gasteiger partial charge in [0.1, 0.15) is 18.3 Å². The first-order chi connectivity index (χ1) is 9.70. The van der Waals surface area contributed by atoms with Crippen LogP contribution in [0.4, 0.5) is 0 Å². The van der Waals surface area contributed by atoms with Crippen LogP contribution in [-0.2, 0) is 9.59 Å². The van der Waals surface area contributed by atoms with Crippen molar-refractivity contribution in [3.63, 3.8) is 0 Å². The molecule has 0 rings (SSSR count). The van der Waals surface area contributed by atoms with Gasteiger partial charge in [0.2, 0.25) is 11.8 Å². The molecule has 0 unspecified atom stereocenters. The number of aliphatic hydroxyl groups is 5. The van der Waals surface area contributed by atoms with Gasteiger partial charge in [0.05, 0.1) is 18.8 Å². The van der Waals surface area contributed by atoms with E-state index in [2.05, 4.69) is 5.32 Å². The maximum atomic E-state index is 11.4. The molecule has 0 aromatic heterocycles. The molecule has 0 aliphatic rings. The summed E-state index contributed by atoms with van der Waals surface area (Å²) in [4.78, 5) is 22.0. The molecule has 124 valence electrons. The van der Waals surface area contributed by atoms with Crippen LogP contribution in [0.5, 0.6) is 0 Å². The molecule has 10 N–H and O–H groups in total. The van der Waals surface area contributed by atoms with E-state index < -0.39 is 48.9 Å². The lowest BCUT2D eigenvalue weighted by molar-refractivity contribution is -0.126. The third-order valence-corrected chi connectivity index (χ3v) is 2.88. The second-order valence-electron chi connectivity index (χ2n) is 4.65. The first-order valence-electron chi connectivity index (χ1n) is 6.35. The zero-order valence-electron chi connectivity index (χ0n) is 11.4. The van der Waals surface area contributed by atoms with Crippen molar-refractivity contribution >= 4 is 11.8 Å². The van der Waals surface area contributed by atoms with E-state index in [4.69, 9.17) is 21.7 Å². The van der Waals surface area contributed by atoms with Gasteiger partial charge in [-0.15, -0.1) is 0 Å². The van der Waals surface area contributed by atoms with Crippen LogP contribution >= 0.6 is 0 Å². The molecule has 0 aliphatic heterocycles. The minimum absolute atomic E-state index is 0.0334. The molecule has 0 radical (unpaired) electrons. The minimum atomic E-state index is -1.76. The lowest BCUT2D eigenvalue weighted by atomic mass is 10.0. The molecule has 2 amide bonds. The van der Waals surface area contributed by atoms with Gasteiger partial charge in [-0.3, -0.25) is 9.59 Å². The van der Waals surface area contributed by atoms with Crippen LogP contribution in [0.1, 0.15) is 12.8 Å². The highest BCUT2D eigenvalue weighted by Gasteiger charge is 2.30.